The van der Waals surface area contributed by atoms with Crippen molar-refractivity contribution in [2.45, 2.75) is 13.1 Å². The molecule has 2 aromatic rings. The zero-order valence-electron chi connectivity index (χ0n) is 14.0. The fourth-order valence-electron chi connectivity index (χ4n) is 2.35. The van der Waals surface area contributed by atoms with E-state index in [0.29, 0.717) is 29.8 Å². The lowest BCUT2D eigenvalue weighted by Gasteiger charge is -2.24. The molecule has 1 heterocycles. The lowest BCUT2D eigenvalue weighted by Crippen LogP contribution is -2.40. The van der Waals surface area contributed by atoms with Crippen molar-refractivity contribution in [2.75, 3.05) is 45.1 Å². The van der Waals surface area contributed by atoms with Gasteiger partial charge in [-0.2, -0.15) is 21.9 Å². The van der Waals surface area contributed by atoms with E-state index in [4.69, 9.17) is 0 Å². The Morgan fingerprint density at radius 3 is 2.72 bits per heavy atom. The Morgan fingerprint density at radius 1 is 1.28 bits per heavy atom. The van der Waals surface area contributed by atoms with Crippen LogP contribution in [0.1, 0.15) is 6.92 Å². The van der Waals surface area contributed by atoms with Gasteiger partial charge in [0.2, 0.25) is 5.91 Å². The van der Waals surface area contributed by atoms with Gasteiger partial charge in [0.05, 0.1) is 30.5 Å². The minimum absolute atomic E-state index is 0.101. The van der Waals surface area contributed by atoms with Crippen LogP contribution >= 0.6 is 11.7 Å². The number of anilines is 1. The van der Waals surface area contributed by atoms with Gasteiger partial charge in [0.1, 0.15) is 11.0 Å². The fourth-order valence-corrected chi connectivity index (χ4v) is 2.90. The molecule has 0 unspecified atom stereocenters. The minimum Gasteiger partial charge on any atom is -0.323 e. The van der Waals surface area contributed by atoms with E-state index in [-0.39, 0.29) is 19.0 Å². The largest absolute Gasteiger partial charge is 0.401 e. The van der Waals surface area contributed by atoms with Crippen LogP contribution in [0.3, 0.4) is 0 Å². The molecule has 0 bridgehead atoms. The molecule has 1 aromatic carbocycles. The Labute approximate surface area is 147 Å². The SMILES string of the molecule is CCN(CCN(C)CC(F)(F)F)CC(=O)Nc1cccc2nsnc12. The summed E-state index contributed by atoms with van der Waals surface area (Å²) in [5, 5.41) is 2.79. The smallest absolute Gasteiger partial charge is 0.323 e. The Bertz CT molecular complexity index is 706. The first-order valence-electron chi connectivity index (χ1n) is 7.77. The van der Waals surface area contributed by atoms with Crippen molar-refractivity contribution in [2.24, 2.45) is 0 Å². The maximum atomic E-state index is 12.3. The van der Waals surface area contributed by atoms with Crippen molar-refractivity contribution < 1.29 is 18.0 Å². The van der Waals surface area contributed by atoms with E-state index < -0.39 is 12.7 Å². The molecule has 0 aliphatic heterocycles. The van der Waals surface area contributed by atoms with Crippen LogP contribution in [-0.4, -0.2) is 70.4 Å². The molecule has 0 aliphatic rings. The number of aromatic nitrogens is 2. The number of rotatable bonds is 8. The molecule has 0 saturated heterocycles. The first-order chi connectivity index (χ1) is 11.8. The molecule has 1 aromatic heterocycles. The Morgan fingerprint density at radius 2 is 2.04 bits per heavy atom. The number of carbonyl (C=O) groups is 1. The zero-order valence-corrected chi connectivity index (χ0v) is 14.8. The van der Waals surface area contributed by atoms with E-state index in [2.05, 4.69) is 14.1 Å². The van der Waals surface area contributed by atoms with Gasteiger partial charge >= 0.3 is 6.18 Å². The lowest BCUT2D eigenvalue weighted by molar-refractivity contribution is -0.143. The van der Waals surface area contributed by atoms with E-state index in [9.17, 15) is 18.0 Å². The lowest BCUT2D eigenvalue weighted by atomic mass is 10.2. The standard InChI is InChI=1S/C15H20F3N5OS/c1-3-23(8-7-22(2)10-15(16,17)18)9-13(24)19-11-5-4-6-12-14(11)21-25-20-12/h4-6H,3,7-10H2,1-2H3,(H,19,24). The summed E-state index contributed by atoms with van der Waals surface area (Å²) in [6.45, 7) is 2.17. The molecule has 10 heteroatoms. The number of nitrogens with zero attached hydrogens (tertiary/aromatic N) is 4. The highest BCUT2D eigenvalue weighted by Gasteiger charge is 2.29. The molecular weight excluding hydrogens is 355 g/mol. The molecule has 138 valence electrons. The van der Waals surface area contributed by atoms with Crippen LogP contribution < -0.4 is 5.32 Å². The maximum Gasteiger partial charge on any atom is 0.401 e. The maximum absolute atomic E-state index is 12.3. The van der Waals surface area contributed by atoms with E-state index in [0.717, 1.165) is 11.7 Å². The van der Waals surface area contributed by atoms with Crippen LogP contribution in [0.2, 0.25) is 0 Å². The third kappa shape index (κ3) is 6.22. The number of carbonyl (C=O) groups excluding carboxylic acids is 1. The second-order valence-corrected chi connectivity index (χ2v) is 6.24. The number of likely N-dealkylation sites (N-methyl/N-ethyl adjacent to an activating group) is 2. The monoisotopic (exact) mass is 375 g/mol. The van der Waals surface area contributed by atoms with Gasteiger partial charge in [0, 0.05) is 13.1 Å². The summed E-state index contributed by atoms with van der Waals surface area (Å²) < 4.78 is 45.3. The van der Waals surface area contributed by atoms with E-state index in [1.807, 2.05) is 13.0 Å². The van der Waals surface area contributed by atoms with Crippen LogP contribution in [0.25, 0.3) is 11.0 Å². The van der Waals surface area contributed by atoms with E-state index in [1.54, 1.807) is 17.0 Å². The highest BCUT2D eigenvalue weighted by molar-refractivity contribution is 7.00. The topological polar surface area (TPSA) is 61.4 Å². The summed E-state index contributed by atoms with van der Waals surface area (Å²) >= 11 is 1.07. The molecule has 0 atom stereocenters. The molecule has 25 heavy (non-hydrogen) atoms. The van der Waals surface area contributed by atoms with Gasteiger partial charge in [0.25, 0.3) is 0 Å². The number of benzene rings is 1. The number of hydrogen-bond acceptors (Lipinski definition) is 6. The first-order valence-corrected chi connectivity index (χ1v) is 8.50. The number of halogens is 3. The molecule has 6 nitrogen and oxygen atoms in total. The van der Waals surface area contributed by atoms with Crippen LogP contribution in [-0.2, 0) is 4.79 Å². The Kier molecular flexibility index (Phi) is 6.68. The highest BCUT2D eigenvalue weighted by atomic mass is 32.1. The third-order valence-corrected chi connectivity index (χ3v) is 4.16. The van der Waals surface area contributed by atoms with Gasteiger partial charge < -0.3 is 5.32 Å². The molecule has 1 amide bonds. The average Bonchev–Trinajstić information content (AvgIpc) is 2.99. The number of fused-ring (bicyclic) bond motifs is 1. The molecular formula is C15H20F3N5OS. The molecule has 2 rings (SSSR count). The predicted molar refractivity (Wildman–Crippen MR) is 91.7 cm³/mol. The highest BCUT2D eigenvalue weighted by Crippen LogP contribution is 2.21. The van der Waals surface area contributed by atoms with Gasteiger partial charge in [-0.3, -0.25) is 14.6 Å². The van der Waals surface area contributed by atoms with Gasteiger partial charge in [-0.15, -0.1) is 0 Å². The molecule has 0 saturated carbocycles. The Hall–Kier alpha value is -1.78. The van der Waals surface area contributed by atoms with Gasteiger partial charge in [0.15, 0.2) is 0 Å². The summed E-state index contributed by atoms with van der Waals surface area (Å²) in [7, 11) is 1.41. The zero-order chi connectivity index (χ0) is 18.4. The van der Waals surface area contributed by atoms with Gasteiger partial charge in [-0.1, -0.05) is 13.0 Å². The number of nitrogens with one attached hydrogen (secondary N) is 1. The van der Waals surface area contributed by atoms with Crippen molar-refractivity contribution in [3.8, 4) is 0 Å². The van der Waals surface area contributed by atoms with Crippen molar-refractivity contribution in [1.82, 2.24) is 18.5 Å². The van der Waals surface area contributed by atoms with Crippen molar-refractivity contribution in [1.29, 1.82) is 0 Å². The quantitative estimate of drug-likeness (QED) is 0.768. The number of hydrogen-bond donors (Lipinski definition) is 1. The molecule has 1 N–H and O–H groups in total. The summed E-state index contributed by atoms with van der Waals surface area (Å²) in [5.74, 6) is -0.235. The van der Waals surface area contributed by atoms with Crippen LogP contribution in [0.5, 0.6) is 0 Å². The molecule has 0 fully saturated rings. The summed E-state index contributed by atoms with van der Waals surface area (Å²) in [5.41, 5.74) is 1.93. The number of alkyl halides is 3. The summed E-state index contributed by atoms with van der Waals surface area (Å²) in [4.78, 5) is 15.2. The second-order valence-electron chi connectivity index (χ2n) is 5.71. The van der Waals surface area contributed by atoms with E-state index in [1.165, 1.54) is 11.9 Å². The molecule has 0 spiro atoms. The Balaban J connectivity index is 1.86. The van der Waals surface area contributed by atoms with Crippen molar-refractivity contribution in [3.63, 3.8) is 0 Å². The molecule has 0 radical (unpaired) electrons. The van der Waals surface area contributed by atoms with Crippen molar-refractivity contribution in [3.05, 3.63) is 18.2 Å². The predicted octanol–water partition coefficient (Wildman–Crippen LogP) is 2.45. The summed E-state index contributed by atoms with van der Waals surface area (Å²) in [6, 6.07) is 5.33. The fraction of sp³-hybridized carbons (Fsp3) is 0.533. The van der Waals surface area contributed by atoms with Gasteiger partial charge in [-0.05, 0) is 25.7 Å². The minimum atomic E-state index is -4.22. The third-order valence-electron chi connectivity index (χ3n) is 3.62. The van der Waals surface area contributed by atoms with Crippen molar-refractivity contribution >= 4 is 34.4 Å². The van der Waals surface area contributed by atoms with Crippen LogP contribution in [0.4, 0.5) is 18.9 Å². The van der Waals surface area contributed by atoms with Gasteiger partial charge in [-0.25, -0.2) is 0 Å². The van der Waals surface area contributed by atoms with Crippen LogP contribution in [0.15, 0.2) is 18.2 Å². The average molecular weight is 375 g/mol. The first kappa shape index (κ1) is 19.5. The normalized spacial score (nSPS) is 12.3. The molecule has 0 aliphatic carbocycles. The number of amides is 1. The van der Waals surface area contributed by atoms with E-state index >= 15 is 0 Å². The second kappa shape index (κ2) is 8.54. The summed E-state index contributed by atoms with van der Waals surface area (Å²) in [6.07, 6.45) is -4.22. The van der Waals surface area contributed by atoms with Crippen LogP contribution in [0, 0.1) is 0 Å².